The van der Waals surface area contributed by atoms with E-state index in [-0.39, 0.29) is 12.6 Å². The van der Waals surface area contributed by atoms with E-state index < -0.39 is 0 Å². The van der Waals surface area contributed by atoms with Crippen molar-refractivity contribution in [3.63, 3.8) is 0 Å². The third-order valence-electron chi connectivity index (χ3n) is 3.56. The van der Waals surface area contributed by atoms with Gasteiger partial charge in [0.1, 0.15) is 10.7 Å². The molecule has 1 aromatic carbocycles. The zero-order chi connectivity index (χ0) is 15.1. The third-order valence-corrected chi connectivity index (χ3v) is 3.79. The van der Waals surface area contributed by atoms with E-state index >= 15 is 0 Å². The van der Waals surface area contributed by atoms with Crippen LogP contribution in [0.1, 0.15) is 12.0 Å². The van der Waals surface area contributed by atoms with Crippen molar-refractivity contribution in [2.75, 3.05) is 39.5 Å². The average Bonchev–Trinajstić information content (AvgIpc) is 2.52. The van der Waals surface area contributed by atoms with E-state index in [1.54, 1.807) is 0 Å². The van der Waals surface area contributed by atoms with Crippen molar-refractivity contribution in [1.82, 2.24) is 4.90 Å². The molecule has 3 N–H and O–H groups in total. The molecule has 1 aliphatic rings. The van der Waals surface area contributed by atoms with Crippen molar-refractivity contribution in [3.05, 3.63) is 29.8 Å². The van der Waals surface area contributed by atoms with Gasteiger partial charge in [-0.15, -0.1) is 0 Å². The van der Waals surface area contributed by atoms with Crippen LogP contribution in [0.15, 0.2) is 24.3 Å². The van der Waals surface area contributed by atoms with Crippen LogP contribution >= 0.6 is 12.2 Å². The molecule has 0 saturated carbocycles. The number of nitrogens with two attached hydrogens (primary N) is 1. The van der Waals surface area contributed by atoms with Gasteiger partial charge in [0, 0.05) is 18.7 Å². The predicted molar refractivity (Wildman–Crippen MR) is 85.7 cm³/mol. The van der Waals surface area contributed by atoms with Gasteiger partial charge in [0.05, 0.1) is 32.5 Å². The summed E-state index contributed by atoms with van der Waals surface area (Å²) in [7, 11) is 0. The third kappa shape index (κ3) is 4.93. The lowest BCUT2D eigenvalue weighted by Gasteiger charge is -2.34. The highest BCUT2D eigenvalue weighted by molar-refractivity contribution is 7.80. The highest BCUT2D eigenvalue weighted by Crippen LogP contribution is 2.13. The minimum absolute atomic E-state index is 0.114. The number of thiocarbonyl (C=S) groups is 1. The molecular weight excluding hydrogens is 288 g/mol. The van der Waals surface area contributed by atoms with Crippen molar-refractivity contribution in [3.8, 4) is 5.75 Å². The number of rotatable bonds is 7. The molecule has 116 valence electrons. The van der Waals surface area contributed by atoms with Gasteiger partial charge in [-0.2, -0.15) is 0 Å². The van der Waals surface area contributed by atoms with Gasteiger partial charge in [0.15, 0.2) is 0 Å². The maximum absolute atomic E-state index is 9.29. The average molecular weight is 310 g/mol. The Morgan fingerprint density at radius 1 is 1.43 bits per heavy atom. The molecule has 1 atom stereocenters. The van der Waals surface area contributed by atoms with E-state index in [4.69, 9.17) is 27.4 Å². The van der Waals surface area contributed by atoms with Crippen LogP contribution in [-0.4, -0.2) is 60.6 Å². The first-order chi connectivity index (χ1) is 10.2. The van der Waals surface area contributed by atoms with Crippen LogP contribution in [0.2, 0.25) is 0 Å². The van der Waals surface area contributed by atoms with Crippen LogP contribution in [0.3, 0.4) is 0 Å². The minimum Gasteiger partial charge on any atom is -0.494 e. The van der Waals surface area contributed by atoms with Crippen LogP contribution in [0.4, 0.5) is 0 Å². The number of aliphatic hydroxyl groups excluding tert-OH is 1. The molecule has 0 radical (unpaired) electrons. The largest absolute Gasteiger partial charge is 0.494 e. The second-order valence-electron chi connectivity index (χ2n) is 5.04. The number of nitrogens with zero attached hydrogens (tertiary/aromatic N) is 1. The molecule has 1 fully saturated rings. The molecule has 6 heteroatoms. The van der Waals surface area contributed by atoms with E-state index in [9.17, 15) is 5.11 Å². The molecule has 0 bridgehead atoms. The first kappa shape index (κ1) is 16.2. The Kier molecular flexibility index (Phi) is 6.38. The summed E-state index contributed by atoms with van der Waals surface area (Å²) in [6.45, 7) is 3.90. The van der Waals surface area contributed by atoms with E-state index in [1.165, 1.54) is 0 Å². The lowest BCUT2D eigenvalue weighted by atomic mass is 10.2. The fourth-order valence-corrected chi connectivity index (χ4v) is 2.46. The minimum atomic E-state index is 0.114. The molecule has 1 unspecified atom stereocenters. The van der Waals surface area contributed by atoms with Gasteiger partial charge in [-0.1, -0.05) is 12.2 Å². The normalized spacial score (nSPS) is 19.4. The van der Waals surface area contributed by atoms with Crippen molar-refractivity contribution in [2.24, 2.45) is 5.73 Å². The maximum Gasteiger partial charge on any atom is 0.119 e. The van der Waals surface area contributed by atoms with Crippen LogP contribution in [0.25, 0.3) is 0 Å². The van der Waals surface area contributed by atoms with Gasteiger partial charge >= 0.3 is 0 Å². The summed E-state index contributed by atoms with van der Waals surface area (Å²) in [5.41, 5.74) is 6.39. The van der Waals surface area contributed by atoms with Gasteiger partial charge in [-0.3, -0.25) is 4.90 Å². The van der Waals surface area contributed by atoms with Gasteiger partial charge in [-0.05, 0) is 30.7 Å². The van der Waals surface area contributed by atoms with E-state index in [0.717, 1.165) is 37.4 Å². The second kappa shape index (κ2) is 8.29. The summed E-state index contributed by atoms with van der Waals surface area (Å²) >= 11 is 4.91. The molecule has 1 aliphatic heterocycles. The molecular formula is C15H22N2O3S. The summed E-state index contributed by atoms with van der Waals surface area (Å²) in [6.07, 6.45) is 0.910. The Morgan fingerprint density at radius 3 is 2.86 bits per heavy atom. The molecule has 21 heavy (non-hydrogen) atoms. The zero-order valence-corrected chi connectivity index (χ0v) is 12.8. The molecule has 0 aliphatic carbocycles. The highest BCUT2D eigenvalue weighted by Gasteiger charge is 2.21. The standard InChI is InChI=1S/C15H22N2O3S/c16-15(21)12-2-4-14(5-3-12)20-8-1-6-17-7-9-19-11-13(17)10-18/h2-5,13,18H,1,6-11H2,(H2,16,21). The molecule has 0 aromatic heterocycles. The van der Waals surface area contributed by atoms with Crippen molar-refractivity contribution < 1.29 is 14.6 Å². The quantitative estimate of drug-likeness (QED) is 0.573. The van der Waals surface area contributed by atoms with Gasteiger partial charge < -0.3 is 20.3 Å². The van der Waals surface area contributed by atoms with E-state index in [2.05, 4.69) is 4.90 Å². The SMILES string of the molecule is NC(=S)c1ccc(OCCCN2CCOCC2CO)cc1. The molecule has 1 aromatic rings. The predicted octanol–water partition coefficient (Wildman–Crippen LogP) is 0.783. The van der Waals surface area contributed by atoms with Crippen LogP contribution in [-0.2, 0) is 4.74 Å². The lowest BCUT2D eigenvalue weighted by molar-refractivity contribution is -0.0287. The summed E-state index contributed by atoms with van der Waals surface area (Å²) in [6, 6.07) is 7.59. The highest BCUT2D eigenvalue weighted by atomic mass is 32.1. The van der Waals surface area contributed by atoms with Gasteiger partial charge in [0.2, 0.25) is 0 Å². The van der Waals surface area contributed by atoms with E-state index in [1.807, 2.05) is 24.3 Å². The van der Waals surface area contributed by atoms with Crippen molar-refractivity contribution in [2.45, 2.75) is 12.5 Å². The second-order valence-corrected chi connectivity index (χ2v) is 5.48. The molecule has 0 spiro atoms. The van der Waals surface area contributed by atoms with E-state index in [0.29, 0.717) is 18.2 Å². The number of hydrogen-bond donors (Lipinski definition) is 2. The van der Waals surface area contributed by atoms with Crippen molar-refractivity contribution in [1.29, 1.82) is 0 Å². The molecule has 1 heterocycles. The monoisotopic (exact) mass is 310 g/mol. The molecule has 2 rings (SSSR count). The zero-order valence-electron chi connectivity index (χ0n) is 12.0. The number of hydrogen-bond acceptors (Lipinski definition) is 5. The smallest absolute Gasteiger partial charge is 0.119 e. The topological polar surface area (TPSA) is 68.0 Å². The molecule has 0 amide bonds. The molecule has 5 nitrogen and oxygen atoms in total. The van der Waals surface area contributed by atoms with Gasteiger partial charge in [-0.25, -0.2) is 0 Å². The number of benzene rings is 1. The Labute approximate surface area is 130 Å². The van der Waals surface area contributed by atoms with Crippen molar-refractivity contribution >= 4 is 17.2 Å². The Balaban J connectivity index is 1.70. The Bertz CT molecular complexity index is 453. The fraction of sp³-hybridized carbons (Fsp3) is 0.533. The Morgan fingerprint density at radius 2 is 2.19 bits per heavy atom. The first-order valence-electron chi connectivity index (χ1n) is 7.16. The summed E-state index contributed by atoms with van der Waals surface area (Å²) in [4.78, 5) is 2.65. The van der Waals surface area contributed by atoms with Crippen LogP contribution in [0, 0.1) is 0 Å². The summed E-state index contributed by atoms with van der Waals surface area (Å²) in [5, 5.41) is 9.29. The first-order valence-corrected chi connectivity index (χ1v) is 7.57. The molecule has 1 saturated heterocycles. The fourth-order valence-electron chi connectivity index (χ4n) is 2.32. The summed E-state index contributed by atoms with van der Waals surface area (Å²) < 4.78 is 11.1. The summed E-state index contributed by atoms with van der Waals surface area (Å²) in [5.74, 6) is 0.815. The maximum atomic E-state index is 9.29. The van der Waals surface area contributed by atoms with Gasteiger partial charge in [0.25, 0.3) is 0 Å². The number of morpholine rings is 1. The number of aliphatic hydroxyl groups is 1. The van der Waals surface area contributed by atoms with Crippen LogP contribution in [0.5, 0.6) is 5.75 Å². The number of ether oxygens (including phenoxy) is 2. The lowest BCUT2D eigenvalue weighted by Crippen LogP contribution is -2.47. The Hall–Kier alpha value is -1.21. The van der Waals surface area contributed by atoms with Crippen LogP contribution < -0.4 is 10.5 Å².